The molecule has 1 atom stereocenters. The molecule has 0 aliphatic carbocycles. The maximum absolute atomic E-state index is 6.16. The van der Waals surface area contributed by atoms with Gasteiger partial charge in [-0.2, -0.15) is 0 Å². The molecular weight excluding hydrogens is 338 g/mol. The van der Waals surface area contributed by atoms with Crippen molar-refractivity contribution in [3.63, 3.8) is 0 Å². The Morgan fingerprint density at radius 1 is 1.22 bits per heavy atom. The van der Waals surface area contributed by atoms with Crippen LogP contribution in [0.1, 0.15) is 42.9 Å². The monoisotopic (exact) mass is 365 g/mol. The van der Waals surface area contributed by atoms with Gasteiger partial charge in [0.1, 0.15) is 11.6 Å². The molecule has 0 amide bonds. The van der Waals surface area contributed by atoms with E-state index in [1.807, 2.05) is 30.5 Å². The van der Waals surface area contributed by atoms with E-state index in [-0.39, 0.29) is 6.04 Å². The van der Waals surface area contributed by atoms with Crippen LogP contribution >= 0.6 is 0 Å². The van der Waals surface area contributed by atoms with Crippen LogP contribution in [0.5, 0.6) is 5.75 Å². The van der Waals surface area contributed by atoms with E-state index in [1.165, 1.54) is 19.3 Å². The highest BCUT2D eigenvalue weighted by Gasteiger charge is 2.21. The summed E-state index contributed by atoms with van der Waals surface area (Å²) >= 11 is 0. The summed E-state index contributed by atoms with van der Waals surface area (Å²) in [5.74, 6) is 2.44. The highest BCUT2D eigenvalue weighted by molar-refractivity contribution is 5.78. The second-order valence-electron chi connectivity index (χ2n) is 7.14. The van der Waals surface area contributed by atoms with Gasteiger partial charge in [0.05, 0.1) is 19.2 Å². The zero-order valence-electron chi connectivity index (χ0n) is 15.6. The number of nitrogens with zero attached hydrogens (tertiary/aromatic N) is 3. The minimum Gasteiger partial charge on any atom is -0.493 e. The fraction of sp³-hybridized carbons (Fsp3) is 0.429. The molecule has 3 N–H and O–H groups in total. The molecule has 0 bridgehead atoms. The fourth-order valence-corrected chi connectivity index (χ4v) is 3.75. The summed E-state index contributed by atoms with van der Waals surface area (Å²) in [6, 6.07) is 12.4. The lowest BCUT2D eigenvalue weighted by molar-refractivity contribution is 0.262. The summed E-state index contributed by atoms with van der Waals surface area (Å²) in [6.07, 6.45) is 6.55. The Morgan fingerprint density at radius 2 is 2.07 bits per heavy atom. The molecule has 4 rings (SSSR count). The van der Waals surface area contributed by atoms with Gasteiger partial charge in [0.2, 0.25) is 0 Å². The number of nitrogens with one attached hydrogen (secondary N) is 1. The van der Waals surface area contributed by atoms with Gasteiger partial charge >= 0.3 is 0 Å². The van der Waals surface area contributed by atoms with Crippen LogP contribution in [-0.4, -0.2) is 30.6 Å². The number of hydrogen-bond acceptors (Lipinski definition) is 4. The molecule has 1 aromatic heterocycles. The zero-order valence-corrected chi connectivity index (χ0v) is 15.6. The normalized spacial score (nSPS) is 19.9. The smallest absolute Gasteiger partial charge is 0.189 e. The molecule has 1 saturated heterocycles. The predicted molar refractivity (Wildman–Crippen MR) is 108 cm³/mol. The Hall–Kier alpha value is -2.76. The summed E-state index contributed by atoms with van der Waals surface area (Å²) in [5.41, 5.74) is 8.43. The van der Waals surface area contributed by atoms with Crippen molar-refractivity contribution < 1.29 is 4.74 Å². The molecular formula is C21H27N5O. The SMILES string of the molecule is NC(=NCc1ccnc(N2CCCCC2)c1)NC1CCOc2ccccc21. The number of anilines is 1. The van der Waals surface area contributed by atoms with Crippen molar-refractivity contribution in [1.29, 1.82) is 0 Å². The van der Waals surface area contributed by atoms with E-state index < -0.39 is 0 Å². The molecule has 6 heteroatoms. The molecule has 2 aromatic rings. The van der Waals surface area contributed by atoms with Crippen LogP contribution in [0.4, 0.5) is 5.82 Å². The Kier molecular flexibility index (Phi) is 5.42. The van der Waals surface area contributed by atoms with Gasteiger partial charge in [-0.05, 0) is 43.0 Å². The standard InChI is InChI=1S/C21H27N5O/c22-21(25-18-9-13-27-19-7-3-2-6-17(18)19)24-15-16-8-10-23-20(14-16)26-11-4-1-5-12-26/h2-3,6-8,10,14,18H,1,4-5,9,11-13,15H2,(H3,22,24,25). The molecule has 0 spiro atoms. The Morgan fingerprint density at radius 3 is 2.96 bits per heavy atom. The highest BCUT2D eigenvalue weighted by atomic mass is 16.5. The van der Waals surface area contributed by atoms with Crippen LogP contribution in [0.25, 0.3) is 0 Å². The lowest BCUT2D eigenvalue weighted by Gasteiger charge is -2.28. The molecule has 1 aromatic carbocycles. The van der Waals surface area contributed by atoms with Gasteiger partial charge < -0.3 is 20.7 Å². The Bertz CT molecular complexity index is 801. The van der Waals surface area contributed by atoms with Gasteiger partial charge in [-0.1, -0.05) is 18.2 Å². The van der Waals surface area contributed by atoms with Crippen molar-refractivity contribution >= 4 is 11.8 Å². The first-order valence-electron chi connectivity index (χ1n) is 9.78. The first-order chi connectivity index (χ1) is 13.3. The van der Waals surface area contributed by atoms with Crippen LogP contribution in [-0.2, 0) is 6.54 Å². The molecule has 0 radical (unpaired) electrons. The number of aliphatic imine (C=N–C) groups is 1. The lowest BCUT2D eigenvalue weighted by Crippen LogP contribution is -2.37. The third-order valence-corrected chi connectivity index (χ3v) is 5.20. The predicted octanol–water partition coefficient (Wildman–Crippen LogP) is 3.00. The maximum Gasteiger partial charge on any atom is 0.189 e. The van der Waals surface area contributed by atoms with Gasteiger partial charge in [-0.15, -0.1) is 0 Å². The average Bonchev–Trinajstić information content (AvgIpc) is 2.73. The summed E-state index contributed by atoms with van der Waals surface area (Å²) in [7, 11) is 0. The van der Waals surface area contributed by atoms with Gasteiger partial charge in [-0.3, -0.25) is 0 Å². The molecule has 142 valence electrons. The largest absolute Gasteiger partial charge is 0.493 e. The minimum absolute atomic E-state index is 0.139. The van der Waals surface area contributed by atoms with Crippen LogP contribution in [0.2, 0.25) is 0 Å². The van der Waals surface area contributed by atoms with E-state index in [1.54, 1.807) is 0 Å². The van der Waals surface area contributed by atoms with Crippen LogP contribution in [0.15, 0.2) is 47.6 Å². The van der Waals surface area contributed by atoms with Crippen molar-refractivity contribution in [2.75, 3.05) is 24.6 Å². The summed E-state index contributed by atoms with van der Waals surface area (Å²) in [6.45, 7) is 3.41. The van der Waals surface area contributed by atoms with Crippen molar-refractivity contribution in [3.8, 4) is 5.75 Å². The minimum atomic E-state index is 0.139. The summed E-state index contributed by atoms with van der Waals surface area (Å²) in [5, 5.41) is 3.34. The second kappa shape index (κ2) is 8.29. The van der Waals surface area contributed by atoms with E-state index >= 15 is 0 Å². The molecule has 6 nitrogen and oxygen atoms in total. The van der Waals surface area contributed by atoms with Gasteiger partial charge in [-0.25, -0.2) is 9.98 Å². The number of fused-ring (bicyclic) bond motifs is 1. The second-order valence-corrected chi connectivity index (χ2v) is 7.14. The van der Waals surface area contributed by atoms with Gasteiger partial charge in [0.25, 0.3) is 0 Å². The number of aromatic nitrogens is 1. The lowest BCUT2D eigenvalue weighted by atomic mass is 10.0. The Labute approximate surface area is 160 Å². The van der Waals surface area contributed by atoms with Crippen molar-refractivity contribution in [1.82, 2.24) is 10.3 Å². The number of rotatable bonds is 4. The third-order valence-electron chi connectivity index (χ3n) is 5.20. The van der Waals surface area contributed by atoms with E-state index in [0.29, 0.717) is 19.1 Å². The molecule has 2 aliphatic heterocycles. The molecule has 0 saturated carbocycles. The number of hydrogen-bond donors (Lipinski definition) is 2. The number of para-hydroxylation sites is 1. The average molecular weight is 365 g/mol. The van der Waals surface area contributed by atoms with Crippen molar-refractivity contribution in [2.45, 2.75) is 38.3 Å². The maximum atomic E-state index is 6.16. The summed E-state index contributed by atoms with van der Waals surface area (Å²) in [4.78, 5) is 11.4. The van der Waals surface area contributed by atoms with E-state index in [0.717, 1.165) is 42.2 Å². The van der Waals surface area contributed by atoms with Crippen molar-refractivity contribution in [3.05, 3.63) is 53.7 Å². The third kappa shape index (κ3) is 4.32. The van der Waals surface area contributed by atoms with Crippen LogP contribution in [0.3, 0.4) is 0 Å². The molecule has 1 unspecified atom stereocenters. The topological polar surface area (TPSA) is 75.8 Å². The van der Waals surface area contributed by atoms with Crippen LogP contribution < -0.4 is 20.7 Å². The van der Waals surface area contributed by atoms with Gasteiger partial charge in [0, 0.05) is 31.3 Å². The first-order valence-corrected chi connectivity index (χ1v) is 9.78. The fourth-order valence-electron chi connectivity index (χ4n) is 3.75. The quantitative estimate of drug-likeness (QED) is 0.643. The molecule has 1 fully saturated rings. The number of benzene rings is 1. The van der Waals surface area contributed by atoms with Crippen LogP contribution in [0, 0.1) is 0 Å². The highest BCUT2D eigenvalue weighted by Crippen LogP contribution is 2.31. The van der Waals surface area contributed by atoms with Crippen molar-refractivity contribution in [2.24, 2.45) is 10.7 Å². The van der Waals surface area contributed by atoms with Gasteiger partial charge in [0.15, 0.2) is 5.96 Å². The zero-order chi connectivity index (χ0) is 18.5. The number of nitrogens with two attached hydrogens (primary N) is 1. The number of pyridine rings is 1. The molecule has 27 heavy (non-hydrogen) atoms. The number of guanidine groups is 1. The van der Waals surface area contributed by atoms with E-state index in [4.69, 9.17) is 10.5 Å². The molecule has 2 aliphatic rings. The number of ether oxygens (including phenoxy) is 1. The summed E-state index contributed by atoms with van der Waals surface area (Å²) < 4.78 is 5.70. The first kappa shape index (κ1) is 17.6. The molecule has 3 heterocycles. The van der Waals surface area contributed by atoms with E-state index in [9.17, 15) is 0 Å². The van der Waals surface area contributed by atoms with E-state index in [2.05, 4.69) is 32.3 Å². The Balaban J connectivity index is 1.40. The number of piperidine rings is 1.